The van der Waals surface area contributed by atoms with Crippen molar-refractivity contribution in [3.63, 3.8) is 0 Å². The van der Waals surface area contributed by atoms with Gasteiger partial charge in [-0.3, -0.25) is 9.78 Å². The Bertz CT molecular complexity index is 1380. The molecule has 2 fully saturated rings. The van der Waals surface area contributed by atoms with Gasteiger partial charge in [0.05, 0.1) is 23.3 Å². The van der Waals surface area contributed by atoms with Gasteiger partial charge in [-0.25, -0.2) is 8.42 Å². The average molecular weight is 535 g/mol. The zero-order valence-electron chi connectivity index (χ0n) is 21.9. The van der Waals surface area contributed by atoms with Crippen molar-refractivity contribution in [2.45, 2.75) is 30.6 Å². The van der Waals surface area contributed by atoms with E-state index in [0.29, 0.717) is 49.5 Å². The number of rotatable bonds is 6. The summed E-state index contributed by atoms with van der Waals surface area (Å²) in [6.45, 7) is 5.47. The Kier molecular flexibility index (Phi) is 7.67. The minimum atomic E-state index is -3.53. The van der Waals surface area contributed by atoms with Crippen LogP contribution in [0.4, 0.5) is 5.69 Å². The van der Waals surface area contributed by atoms with Gasteiger partial charge in [-0.1, -0.05) is 24.3 Å². The van der Waals surface area contributed by atoms with Gasteiger partial charge in [-0.05, 0) is 56.2 Å². The summed E-state index contributed by atoms with van der Waals surface area (Å²) >= 11 is 0. The molecule has 1 aromatic heterocycles. The summed E-state index contributed by atoms with van der Waals surface area (Å²) < 4.78 is 33.0. The van der Waals surface area contributed by atoms with Gasteiger partial charge in [0.2, 0.25) is 10.0 Å². The van der Waals surface area contributed by atoms with Crippen molar-refractivity contribution in [3.05, 3.63) is 83.7 Å². The number of piperidine rings is 1. The van der Waals surface area contributed by atoms with Crippen LogP contribution >= 0.6 is 0 Å². The number of amides is 1. The third-order valence-electron chi connectivity index (χ3n) is 7.50. The molecule has 38 heavy (non-hydrogen) atoms. The number of hydrogen-bond acceptors (Lipinski definition) is 6. The lowest BCUT2D eigenvalue weighted by atomic mass is 9.90. The normalized spacial score (nSPS) is 17.4. The van der Waals surface area contributed by atoms with Gasteiger partial charge < -0.3 is 14.5 Å². The molecule has 2 aliphatic heterocycles. The lowest BCUT2D eigenvalue weighted by Gasteiger charge is -2.37. The Morgan fingerprint density at radius 1 is 0.895 bits per heavy atom. The highest BCUT2D eigenvalue weighted by Gasteiger charge is 2.33. The van der Waals surface area contributed by atoms with E-state index in [4.69, 9.17) is 9.72 Å². The molecule has 8 nitrogen and oxygen atoms in total. The topological polar surface area (TPSA) is 83.1 Å². The van der Waals surface area contributed by atoms with Crippen molar-refractivity contribution >= 4 is 21.6 Å². The van der Waals surface area contributed by atoms with E-state index < -0.39 is 10.0 Å². The van der Waals surface area contributed by atoms with Crippen LogP contribution in [0.3, 0.4) is 0 Å². The number of pyridine rings is 1. The van der Waals surface area contributed by atoms with Crippen molar-refractivity contribution in [1.29, 1.82) is 0 Å². The van der Waals surface area contributed by atoms with E-state index in [9.17, 15) is 13.2 Å². The number of hydrogen-bond donors (Lipinski definition) is 0. The first-order valence-corrected chi connectivity index (χ1v) is 14.5. The maximum Gasteiger partial charge on any atom is 0.255 e. The Balaban J connectivity index is 1.27. The van der Waals surface area contributed by atoms with E-state index in [1.807, 2.05) is 48.2 Å². The molecule has 0 bridgehead atoms. The fourth-order valence-corrected chi connectivity index (χ4v) is 6.82. The van der Waals surface area contributed by atoms with Crippen molar-refractivity contribution < 1.29 is 17.9 Å². The van der Waals surface area contributed by atoms with Crippen LogP contribution in [0.2, 0.25) is 0 Å². The molecule has 0 unspecified atom stereocenters. The molecular weight excluding hydrogens is 500 g/mol. The number of aryl methyl sites for hydroxylation is 1. The van der Waals surface area contributed by atoms with E-state index in [-0.39, 0.29) is 11.8 Å². The minimum absolute atomic E-state index is 0.00266. The fraction of sp³-hybridized carbons (Fsp3) is 0.379. The highest BCUT2D eigenvalue weighted by Crippen LogP contribution is 2.32. The van der Waals surface area contributed by atoms with E-state index in [0.717, 1.165) is 35.9 Å². The highest BCUT2D eigenvalue weighted by molar-refractivity contribution is 7.89. The molecule has 5 rings (SSSR count). The molecule has 0 atom stereocenters. The monoisotopic (exact) mass is 534 g/mol. The summed E-state index contributed by atoms with van der Waals surface area (Å²) in [4.78, 5) is 23.0. The molecule has 2 aromatic carbocycles. The number of ether oxygens (including phenoxy) is 1. The van der Waals surface area contributed by atoms with Crippen LogP contribution in [0.15, 0.2) is 71.6 Å². The number of anilines is 1. The number of benzene rings is 2. The second-order valence-corrected chi connectivity index (χ2v) is 11.8. The number of piperazine rings is 1. The Hall–Kier alpha value is -3.43. The first-order valence-electron chi connectivity index (χ1n) is 13.1. The summed E-state index contributed by atoms with van der Waals surface area (Å²) in [5, 5.41) is 0. The van der Waals surface area contributed by atoms with Gasteiger partial charge in [-0.2, -0.15) is 4.31 Å². The van der Waals surface area contributed by atoms with Gasteiger partial charge in [0.25, 0.3) is 5.91 Å². The Morgan fingerprint density at radius 3 is 2.29 bits per heavy atom. The predicted octanol–water partition coefficient (Wildman–Crippen LogP) is 3.93. The molecule has 3 aromatic rings. The van der Waals surface area contributed by atoms with Gasteiger partial charge in [0.1, 0.15) is 5.75 Å². The molecular formula is C29H34N4O4S. The van der Waals surface area contributed by atoms with Crippen LogP contribution < -0.4 is 9.64 Å². The minimum Gasteiger partial charge on any atom is -0.497 e. The molecule has 0 N–H and O–H groups in total. The maximum atomic E-state index is 13.7. The quantitative estimate of drug-likeness (QED) is 0.477. The van der Waals surface area contributed by atoms with Gasteiger partial charge in [0, 0.05) is 62.6 Å². The molecule has 2 aliphatic rings. The summed E-state index contributed by atoms with van der Waals surface area (Å²) in [6.07, 6.45) is 1.26. The number of sulfonamides is 1. The summed E-state index contributed by atoms with van der Waals surface area (Å²) in [7, 11) is -1.87. The first-order chi connectivity index (χ1) is 18.4. The van der Waals surface area contributed by atoms with E-state index in [1.165, 1.54) is 0 Å². The summed E-state index contributed by atoms with van der Waals surface area (Å²) in [5.74, 6) is 0.852. The predicted molar refractivity (Wildman–Crippen MR) is 147 cm³/mol. The van der Waals surface area contributed by atoms with Crippen molar-refractivity contribution in [2.75, 3.05) is 51.3 Å². The van der Waals surface area contributed by atoms with Crippen molar-refractivity contribution in [1.82, 2.24) is 14.2 Å². The molecule has 0 aliphatic carbocycles. The molecule has 0 saturated carbocycles. The van der Waals surface area contributed by atoms with Gasteiger partial charge in [-0.15, -0.1) is 0 Å². The number of methoxy groups -OCH3 is 1. The van der Waals surface area contributed by atoms with E-state index in [2.05, 4.69) is 11.0 Å². The third kappa shape index (κ3) is 5.39. The maximum absolute atomic E-state index is 13.7. The van der Waals surface area contributed by atoms with Crippen molar-refractivity contribution in [2.24, 2.45) is 0 Å². The van der Waals surface area contributed by atoms with Crippen LogP contribution in [0, 0.1) is 6.92 Å². The fourth-order valence-electron chi connectivity index (χ4n) is 5.33. The van der Waals surface area contributed by atoms with Gasteiger partial charge in [0.15, 0.2) is 0 Å². The molecule has 9 heteroatoms. The second-order valence-electron chi connectivity index (χ2n) is 9.86. The number of nitrogens with zero attached hydrogens (tertiary/aromatic N) is 4. The van der Waals surface area contributed by atoms with Crippen LogP contribution in [0.5, 0.6) is 5.75 Å². The Morgan fingerprint density at radius 2 is 1.61 bits per heavy atom. The molecule has 200 valence electrons. The number of carbonyl (C=O) groups excluding carboxylic acids is 1. The van der Waals surface area contributed by atoms with Crippen LogP contribution in [0.25, 0.3) is 0 Å². The molecule has 3 heterocycles. The second kappa shape index (κ2) is 11.1. The molecule has 0 radical (unpaired) electrons. The molecule has 2 saturated heterocycles. The van der Waals surface area contributed by atoms with Crippen LogP contribution in [-0.4, -0.2) is 74.9 Å². The standard InChI is InChI=1S/C29H34N4O4S/c1-22-11-12-27(29(34)32-19-17-31(18-20-32)24-7-6-8-25(21-24)37-2)28(30-22)23-13-15-33(16-14-23)38(35,36)26-9-4-3-5-10-26/h3-12,21,23H,13-20H2,1-2H3. The number of carbonyl (C=O) groups is 1. The average Bonchev–Trinajstić information content (AvgIpc) is 2.97. The van der Waals surface area contributed by atoms with E-state index >= 15 is 0 Å². The van der Waals surface area contributed by atoms with Crippen LogP contribution in [-0.2, 0) is 10.0 Å². The Labute approximate surface area is 224 Å². The lowest BCUT2D eigenvalue weighted by molar-refractivity contribution is 0.0744. The number of aromatic nitrogens is 1. The molecule has 0 spiro atoms. The zero-order chi connectivity index (χ0) is 26.7. The van der Waals surface area contributed by atoms with E-state index in [1.54, 1.807) is 35.7 Å². The smallest absolute Gasteiger partial charge is 0.255 e. The van der Waals surface area contributed by atoms with Crippen LogP contribution in [0.1, 0.15) is 40.5 Å². The summed E-state index contributed by atoms with van der Waals surface area (Å²) in [5.41, 5.74) is 3.38. The molecule has 1 amide bonds. The summed E-state index contributed by atoms with van der Waals surface area (Å²) in [6, 6.07) is 20.3. The lowest BCUT2D eigenvalue weighted by Crippen LogP contribution is -2.49. The largest absolute Gasteiger partial charge is 0.497 e. The van der Waals surface area contributed by atoms with Crippen molar-refractivity contribution in [3.8, 4) is 5.75 Å². The SMILES string of the molecule is COc1cccc(N2CCN(C(=O)c3ccc(C)nc3C3CCN(S(=O)(=O)c4ccccc4)CC3)CC2)c1. The first kappa shape index (κ1) is 26.2. The third-order valence-corrected chi connectivity index (χ3v) is 9.41. The van der Waals surface area contributed by atoms with Gasteiger partial charge >= 0.3 is 0 Å². The highest BCUT2D eigenvalue weighted by atomic mass is 32.2. The zero-order valence-corrected chi connectivity index (χ0v) is 22.7.